The van der Waals surface area contributed by atoms with Gasteiger partial charge in [-0.05, 0) is 37.1 Å². The molecule has 31 heavy (non-hydrogen) atoms. The van der Waals surface area contributed by atoms with Crippen molar-refractivity contribution in [2.24, 2.45) is 0 Å². The van der Waals surface area contributed by atoms with Gasteiger partial charge in [0.25, 0.3) is 11.5 Å². The topological polar surface area (TPSA) is 139 Å². The fourth-order valence-electron chi connectivity index (χ4n) is 3.05. The van der Waals surface area contributed by atoms with Crippen LogP contribution in [0.5, 0.6) is 0 Å². The number of nitrogens with two attached hydrogens (primary N) is 1. The van der Waals surface area contributed by atoms with Gasteiger partial charge in [0.1, 0.15) is 5.82 Å². The van der Waals surface area contributed by atoms with E-state index in [9.17, 15) is 22.8 Å². The number of nitrogens with zero attached hydrogens (tertiary/aromatic N) is 3. The minimum atomic E-state index is -3.64. The van der Waals surface area contributed by atoms with Gasteiger partial charge in [-0.25, -0.2) is 17.5 Å². The molecule has 0 aliphatic carbocycles. The van der Waals surface area contributed by atoms with Crippen LogP contribution >= 0.6 is 0 Å². The summed E-state index contributed by atoms with van der Waals surface area (Å²) >= 11 is 0. The summed E-state index contributed by atoms with van der Waals surface area (Å²) in [7, 11) is -0.805. The molecule has 0 atom stereocenters. The summed E-state index contributed by atoms with van der Waals surface area (Å²) in [5.41, 5.74) is 4.87. The number of amides is 1. The zero-order chi connectivity index (χ0) is 23.3. The molecule has 3 N–H and O–H groups in total. The van der Waals surface area contributed by atoms with Gasteiger partial charge in [0, 0.05) is 32.7 Å². The summed E-state index contributed by atoms with van der Waals surface area (Å²) in [6.45, 7) is 4.31. The number of nitrogen functional groups attached to an aromatic ring is 1. The van der Waals surface area contributed by atoms with Crippen molar-refractivity contribution < 1.29 is 13.2 Å². The fraction of sp³-hybridized carbons (Fsp3) is 0.450. The molecule has 0 bridgehead atoms. The largest absolute Gasteiger partial charge is 0.383 e. The normalized spacial score (nSPS) is 11.6. The zero-order valence-electron chi connectivity index (χ0n) is 18.2. The first-order chi connectivity index (χ1) is 14.6. The van der Waals surface area contributed by atoms with Crippen LogP contribution in [-0.2, 0) is 16.6 Å². The van der Waals surface area contributed by atoms with E-state index in [2.05, 4.69) is 4.98 Å². The summed E-state index contributed by atoms with van der Waals surface area (Å²) in [5, 5.41) is 0. The highest BCUT2D eigenvalue weighted by Gasteiger charge is 2.25. The van der Waals surface area contributed by atoms with Crippen LogP contribution in [0.3, 0.4) is 0 Å². The lowest BCUT2D eigenvalue weighted by molar-refractivity contribution is 0.0986. The van der Waals surface area contributed by atoms with Crippen LogP contribution in [0.2, 0.25) is 0 Å². The average molecular weight is 452 g/mol. The number of anilines is 2. The lowest BCUT2D eigenvalue weighted by atomic mass is 10.1. The maximum atomic E-state index is 13.3. The number of rotatable bonds is 9. The van der Waals surface area contributed by atoms with Crippen molar-refractivity contribution in [1.82, 2.24) is 13.9 Å². The maximum Gasteiger partial charge on any atom is 0.330 e. The van der Waals surface area contributed by atoms with E-state index in [1.54, 1.807) is 0 Å². The zero-order valence-corrected chi connectivity index (χ0v) is 19.0. The molecular weight excluding hydrogens is 422 g/mol. The first-order valence-electron chi connectivity index (χ1n) is 10.0. The third-order valence-electron chi connectivity index (χ3n) is 4.79. The number of aromatic nitrogens is 2. The summed E-state index contributed by atoms with van der Waals surface area (Å²) in [6.07, 6.45) is 1.97. The van der Waals surface area contributed by atoms with E-state index in [0.29, 0.717) is 19.4 Å². The second kappa shape index (κ2) is 9.92. The monoisotopic (exact) mass is 451 g/mol. The Morgan fingerprint density at radius 3 is 2.23 bits per heavy atom. The molecule has 2 rings (SSSR count). The number of unbranched alkanes of at least 4 members (excludes halogenated alkanes) is 1. The van der Waals surface area contributed by atoms with Crippen LogP contribution in [-0.4, -0.2) is 48.8 Å². The lowest BCUT2D eigenvalue weighted by Crippen LogP contribution is -2.41. The molecule has 0 fully saturated rings. The van der Waals surface area contributed by atoms with E-state index in [1.165, 1.54) is 47.8 Å². The second-order valence-electron chi connectivity index (χ2n) is 7.27. The van der Waals surface area contributed by atoms with Crippen LogP contribution in [0.15, 0.2) is 38.8 Å². The highest BCUT2D eigenvalue weighted by molar-refractivity contribution is 7.89. The Labute approximate surface area is 181 Å². The van der Waals surface area contributed by atoms with Crippen LogP contribution in [0.4, 0.5) is 11.5 Å². The molecule has 1 aromatic heterocycles. The van der Waals surface area contributed by atoms with Crippen LogP contribution < -0.4 is 21.9 Å². The highest BCUT2D eigenvalue weighted by Crippen LogP contribution is 2.22. The SMILES string of the molecule is CCCCN(C(=O)c1ccc(S(=O)(=O)N(C)C)cc1)c1c(N)n(CCC)c(=O)[nH]c1=O. The first-order valence-corrected chi connectivity index (χ1v) is 11.5. The van der Waals surface area contributed by atoms with Crippen molar-refractivity contribution >= 4 is 27.4 Å². The van der Waals surface area contributed by atoms with E-state index < -0.39 is 27.2 Å². The molecule has 0 saturated heterocycles. The number of nitrogens with one attached hydrogen (secondary N) is 1. The van der Waals surface area contributed by atoms with E-state index in [4.69, 9.17) is 5.73 Å². The minimum absolute atomic E-state index is 0.0445. The molecule has 0 unspecified atom stereocenters. The maximum absolute atomic E-state index is 13.3. The summed E-state index contributed by atoms with van der Waals surface area (Å²) in [6, 6.07) is 5.46. The van der Waals surface area contributed by atoms with Crippen molar-refractivity contribution in [2.75, 3.05) is 31.3 Å². The molecule has 0 spiro atoms. The van der Waals surface area contributed by atoms with Crippen LogP contribution in [0.25, 0.3) is 0 Å². The Bertz CT molecular complexity index is 1150. The van der Waals surface area contributed by atoms with Gasteiger partial charge < -0.3 is 10.6 Å². The summed E-state index contributed by atoms with van der Waals surface area (Å²) < 4.78 is 26.8. The number of carbonyl (C=O) groups excluding carboxylic acids is 1. The number of benzene rings is 1. The number of sulfonamides is 1. The fourth-order valence-corrected chi connectivity index (χ4v) is 3.95. The van der Waals surface area contributed by atoms with E-state index in [0.717, 1.165) is 10.7 Å². The smallest absolute Gasteiger partial charge is 0.330 e. The Morgan fingerprint density at radius 1 is 1.10 bits per heavy atom. The molecule has 10 nitrogen and oxygen atoms in total. The van der Waals surface area contributed by atoms with Crippen molar-refractivity contribution in [3.05, 3.63) is 50.7 Å². The predicted molar refractivity (Wildman–Crippen MR) is 120 cm³/mol. The molecule has 170 valence electrons. The highest BCUT2D eigenvalue weighted by atomic mass is 32.2. The van der Waals surface area contributed by atoms with Crippen molar-refractivity contribution in [2.45, 2.75) is 44.6 Å². The van der Waals surface area contributed by atoms with Crippen molar-refractivity contribution in [1.29, 1.82) is 0 Å². The quantitative estimate of drug-likeness (QED) is 0.588. The third kappa shape index (κ3) is 5.05. The molecule has 0 saturated carbocycles. The lowest BCUT2D eigenvalue weighted by Gasteiger charge is -2.24. The van der Waals surface area contributed by atoms with Crippen molar-refractivity contribution in [3.8, 4) is 0 Å². The third-order valence-corrected chi connectivity index (χ3v) is 6.62. The Morgan fingerprint density at radius 2 is 1.71 bits per heavy atom. The standard InChI is InChI=1S/C20H29N5O5S/c1-5-7-13-24(16-17(21)25(12-6-2)20(28)22-18(16)26)19(27)14-8-10-15(11-9-14)31(29,30)23(3)4/h8-11H,5-7,12-13,21H2,1-4H3,(H,22,26,28). The molecule has 1 aromatic carbocycles. The number of aromatic amines is 1. The average Bonchev–Trinajstić information content (AvgIpc) is 2.72. The molecule has 11 heteroatoms. The minimum Gasteiger partial charge on any atom is -0.383 e. The van der Waals surface area contributed by atoms with Crippen LogP contribution in [0, 0.1) is 0 Å². The van der Waals surface area contributed by atoms with E-state index >= 15 is 0 Å². The number of hydrogen-bond donors (Lipinski definition) is 2. The molecule has 2 aromatic rings. The Balaban J connectivity index is 2.56. The molecular formula is C20H29N5O5S. The van der Waals surface area contributed by atoms with Crippen molar-refractivity contribution in [3.63, 3.8) is 0 Å². The molecule has 1 amide bonds. The molecule has 0 aliphatic rings. The number of carbonyl (C=O) groups is 1. The first kappa shape index (κ1) is 24.4. The van der Waals surface area contributed by atoms with Gasteiger partial charge in [-0.1, -0.05) is 20.3 Å². The number of H-pyrrole nitrogens is 1. The number of hydrogen-bond acceptors (Lipinski definition) is 6. The van der Waals surface area contributed by atoms with Gasteiger partial charge in [0.2, 0.25) is 10.0 Å². The van der Waals surface area contributed by atoms with Crippen LogP contribution in [0.1, 0.15) is 43.5 Å². The van der Waals surface area contributed by atoms with Gasteiger partial charge in [-0.2, -0.15) is 0 Å². The molecule has 1 heterocycles. The van der Waals surface area contributed by atoms with Gasteiger partial charge >= 0.3 is 5.69 Å². The Hall–Kier alpha value is -2.92. The Kier molecular flexibility index (Phi) is 7.80. The van der Waals surface area contributed by atoms with Gasteiger partial charge in [-0.15, -0.1) is 0 Å². The predicted octanol–water partition coefficient (Wildman–Crippen LogP) is 1.23. The van der Waals surface area contributed by atoms with E-state index in [1.807, 2.05) is 13.8 Å². The second-order valence-corrected chi connectivity index (χ2v) is 9.42. The molecule has 0 radical (unpaired) electrons. The van der Waals surface area contributed by atoms with E-state index in [-0.39, 0.29) is 28.5 Å². The van der Waals surface area contributed by atoms with Gasteiger partial charge in [0.15, 0.2) is 5.69 Å². The van der Waals surface area contributed by atoms with Gasteiger partial charge in [0.05, 0.1) is 4.90 Å². The summed E-state index contributed by atoms with van der Waals surface area (Å²) in [4.78, 5) is 41.5. The summed E-state index contributed by atoms with van der Waals surface area (Å²) in [5.74, 6) is -0.590. The van der Waals surface area contributed by atoms with Gasteiger partial charge in [-0.3, -0.25) is 19.1 Å². The molecule has 0 aliphatic heterocycles.